The Morgan fingerprint density at radius 1 is 1.26 bits per heavy atom. The van der Waals surface area contributed by atoms with Gasteiger partial charge in [-0.2, -0.15) is 4.98 Å². The number of aryl methyl sites for hydroxylation is 1. The van der Waals surface area contributed by atoms with Crippen molar-refractivity contribution in [1.29, 1.82) is 0 Å². The van der Waals surface area contributed by atoms with Crippen molar-refractivity contribution in [1.82, 2.24) is 10.1 Å². The Labute approximate surface area is 112 Å². The largest absolute Gasteiger partial charge is 0.384 e. The summed E-state index contributed by atoms with van der Waals surface area (Å²) < 4.78 is 10.1. The van der Waals surface area contributed by atoms with Gasteiger partial charge in [0.05, 0.1) is 12.6 Å². The van der Waals surface area contributed by atoms with Crippen LogP contribution in [0.15, 0.2) is 34.9 Å². The molecular formula is C14H19N3O2. The van der Waals surface area contributed by atoms with Crippen LogP contribution < -0.4 is 5.73 Å². The number of hydrogen-bond donors (Lipinski definition) is 1. The maximum absolute atomic E-state index is 6.06. The Morgan fingerprint density at radius 3 is 2.79 bits per heavy atom. The van der Waals surface area contributed by atoms with Crippen LogP contribution in [-0.4, -0.2) is 23.9 Å². The molecule has 2 N–H and O–H groups in total. The van der Waals surface area contributed by atoms with E-state index >= 15 is 0 Å². The Morgan fingerprint density at radius 2 is 2.05 bits per heavy atom. The predicted octanol–water partition coefficient (Wildman–Crippen LogP) is 1.89. The molecule has 19 heavy (non-hydrogen) atoms. The van der Waals surface area contributed by atoms with Crippen LogP contribution in [0, 0.1) is 0 Å². The van der Waals surface area contributed by atoms with E-state index < -0.39 is 0 Å². The van der Waals surface area contributed by atoms with Gasteiger partial charge in [0.15, 0.2) is 5.82 Å². The second-order valence-corrected chi connectivity index (χ2v) is 4.42. The number of nitrogens with zero attached hydrogens (tertiary/aromatic N) is 2. The van der Waals surface area contributed by atoms with Crippen LogP contribution in [0.25, 0.3) is 0 Å². The van der Waals surface area contributed by atoms with Crippen molar-refractivity contribution in [2.24, 2.45) is 5.73 Å². The van der Waals surface area contributed by atoms with E-state index in [9.17, 15) is 0 Å². The maximum Gasteiger partial charge on any atom is 0.243 e. The van der Waals surface area contributed by atoms with E-state index in [0.29, 0.717) is 24.7 Å². The first-order valence-electron chi connectivity index (χ1n) is 6.40. The maximum atomic E-state index is 6.06. The third kappa shape index (κ3) is 4.15. The second-order valence-electron chi connectivity index (χ2n) is 4.42. The standard InChI is InChI=1S/C14H19N3O2/c1-18-10-9-13-16-14(19-17-13)12(15)8-7-11-5-3-2-4-6-11/h2-6,12H,7-10,15H2,1H3. The van der Waals surface area contributed by atoms with E-state index in [0.717, 1.165) is 12.8 Å². The molecule has 5 heteroatoms. The zero-order chi connectivity index (χ0) is 13.5. The van der Waals surface area contributed by atoms with Crippen molar-refractivity contribution in [2.75, 3.05) is 13.7 Å². The van der Waals surface area contributed by atoms with Gasteiger partial charge in [-0.25, -0.2) is 0 Å². The molecule has 0 amide bonds. The highest BCUT2D eigenvalue weighted by atomic mass is 16.5. The monoisotopic (exact) mass is 261 g/mol. The highest BCUT2D eigenvalue weighted by molar-refractivity contribution is 5.15. The minimum atomic E-state index is -0.219. The van der Waals surface area contributed by atoms with E-state index in [1.165, 1.54) is 5.56 Å². The van der Waals surface area contributed by atoms with E-state index in [4.69, 9.17) is 15.0 Å². The van der Waals surface area contributed by atoms with Crippen LogP contribution in [0.1, 0.15) is 29.7 Å². The van der Waals surface area contributed by atoms with Crippen LogP contribution in [0.4, 0.5) is 0 Å². The number of hydrogen-bond acceptors (Lipinski definition) is 5. The van der Waals surface area contributed by atoms with Gasteiger partial charge in [-0.15, -0.1) is 0 Å². The molecule has 0 fully saturated rings. The van der Waals surface area contributed by atoms with E-state index in [-0.39, 0.29) is 6.04 Å². The number of rotatable bonds is 7. The van der Waals surface area contributed by atoms with Gasteiger partial charge in [0, 0.05) is 13.5 Å². The first-order chi connectivity index (χ1) is 9.29. The van der Waals surface area contributed by atoms with Gasteiger partial charge in [0.25, 0.3) is 0 Å². The molecule has 102 valence electrons. The Bertz CT molecular complexity index is 484. The van der Waals surface area contributed by atoms with Crippen LogP contribution in [-0.2, 0) is 17.6 Å². The van der Waals surface area contributed by atoms with Crippen molar-refractivity contribution in [2.45, 2.75) is 25.3 Å². The van der Waals surface area contributed by atoms with Gasteiger partial charge in [0.2, 0.25) is 5.89 Å². The molecule has 0 aliphatic heterocycles. The van der Waals surface area contributed by atoms with E-state index in [1.807, 2.05) is 18.2 Å². The molecule has 1 atom stereocenters. The van der Waals surface area contributed by atoms with Gasteiger partial charge in [-0.05, 0) is 18.4 Å². The van der Waals surface area contributed by atoms with Crippen molar-refractivity contribution >= 4 is 0 Å². The topological polar surface area (TPSA) is 74.2 Å². The summed E-state index contributed by atoms with van der Waals surface area (Å²) in [7, 11) is 1.65. The summed E-state index contributed by atoms with van der Waals surface area (Å²) in [5.74, 6) is 1.15. The lowest BCUT2D eigenvalue weighted by atomic mass is 10.1. The number of ether oxygens (including phenoxy) is 1. The first-order valence-corrected chi connectivity index (χ1v) is 6.40. The van der Waals surface area contributed by atoms with Gasteiger partial charge in [-0.3, -0.25) is 0 Å². The highest BCUT2D eigenvalue weighted by Gasteiger charge is 2.14. The van der Waals surface area contributed by atoms with Crippen molar-refractivity contribution < 1.29 is 9.26 Å². The van der Waals surface area contributed by atoms with Crippen LogP contribution >= 0.6 is 0 Å². The summed E-state index contributed by atoms with van der Waals surface area (Å²) >= 11 is 0. The quantitative estimate of drug-likeness (QED) is 0.823. The molecule has 2 rings (SSSR count). The molecule has 0 spiro atoms. The third-order valence-electron chi connectivity index (χ3n) is 2.92. The molecule has 1 aromatic carbocycles. The fourth-order valence-corrected chi connectivity index (χ4v) is 1.80. The molecule has 1 unspecified atom stereocenters. The summed E-state index contributed by atoms with van der Waals surface area (Å²) in [5, 5.41) is 3.88. The molecular weight excluding hydrogens is 242 g/mol. The second kappa shape index (κ2) is 7.01. The smallest absolute Gasteiger partial charge is 0.243 e. The van der Waals surface area contributed by atoms with Gasteiger partial charge in [0.1, 0.15) is 0 Å². The lowest BCUT2D eigenvalue weighted by Crippen LogP contribution is -2.12. The normalized spacial score (nSPS) is 12.5. The Hall–Kier alpha value is -1.72. The van der Waals surface area contributed by atoms with Gasteiger partial charge < -0.3 is 15.0 Å². The predicted molar refractivity (Wildman–Crippen MR) is 71.6 cm³/mol. The van der Waals surface area contributed by atoms with Crippen LogP contribution in [0.2, 0.25) is 0 Å². The lowest BCUT2D eigenvalue weighted by Gasteiger charge is -2.06. The Balaban J connectivity index is 1.85. The molecule has 0 saturated carbocycles. The summed E-state index contributed by atoms with van der Waals surface area (Å²) in [5.41, 5.74) is 7.32. The van der Waals surface area contributed by atoms with Crippen molar-refractivity contribution in [3.63, 3.8) is 0 Å². The molecule has 0 bridgehead atoms. The number of nitrogens with two attached hydrogens (primary N) is 1. The summed E-state index contributed by atoms with van der Waals surface area (Å²) in [6.45, 7) is 0.582. The Kier molecular flexibility index (Phi) is 5.06. The fraction of sp³-hybridized carbons (Fsp3) is 0.429. The number of benzene rings is 1. The third-order valence-corrected chi connectivity index (χ3v) is 2.92. The lowest BCUT2D eigenvalue weighted by molar-refractivity contribution is 0.199. The van der Waals surface area contributed by atoms with E-state index in [2.05, 4.69) is 22.3 Å². The molecule has 5 nitrogen and oxygen atoms in total. The van der Waals surface area contributed by atoms with Crippen LogP contribution in [0.3, 0.4) is 0 Å². The zero-order valence-corrected chi connectivity index (χ0v) is 11.1. The molecule has 0 aliphatic carbocycles. The molecule has 0 saturated heterocycles. The summed E-state index contributed by atoms with van der Waals surface area (Å²) in [4.78, 5) is 4.28. The summed E-state index contributed by atoms with van der Waals surface area (Å²) in [6.07, 6.45) is 2.33. The van der Waals surface area contributed by atoms with Crippen molar-refractivity contribution in [3.8, 4) is 0 Å². The molecule has 0 aliphatic rings. The number of aromatic nitrogens is 2. The SMILES string of the molecule is COCCc1noc(C(N)CCc2ccccc2)n1. The molecule has 2 aromatic rings. The molecule has 1 aromatic heterocycles. The van der Waals surface area contributed by atoms with Gasteiger partial charge >= 0.3 is 0 Å². The number of methoxy groups -OCH3 is 1. The average molecular weight is 261 g/mol. The minimum Gasteiger partial charge on any atom is -0.384 e. The zero-order valence-electron chi connectivity index (χ0n) is 11.1. The molecule has 1 heterocycles. The summed E-state index contributed by atoms with van der Waals surface area (Å²) in [6, 6.07) is 10.0. The first kappa shape index (κ1) is 13.7. The minimum absolute atomic E-state index is 0.219. The van der Waals surface area contributed by atoms with Gasteiger partial charge in [-0.1, -0.05) is 35.5 Å². The average Bonchev–Trinajstić information content (AvgIpc) is 2.92. The fourth-order valence-electron chi connectivity index (χ4n) is 1.80. The highest BCUT2D eigenvalue weighted by Crippen LogP contribution is 2.15. The molecule has 0 radical (unpaired) electrons. The van der Waals surface area contributed by atoms with Crippen LogP contribution in [0.5, 0.6) is 0 Å². The van der Waals surface area contributed by atoms with E-state index in [1.54, 1.807) is 7.11 Å². The van der Waals surface area contributed by atoms with Crippen molar-refractivity contribution in [3.05, 3.63) is 47.6 Å².